The van der Waals surface area contributed by atoms with Gasteiger partial charge in [0.2, 0.25) is 5.91 Å². The quantitative estimate of drug-likeness (QED) is 0.532. The Labute approximate surface area is 113 Å². The number of aryl methyl sites for hydroxylation is 1. The van der Waals surface area contributed by atoms with Crippen molar-refractivity contribution in [1.29, 1.82) is 0 Å². The van der Waals surface area contributed by atoms with Crippen molar-refractivity contribution in [3.63, 3.8) is 0 Å². The monoisotopic (exact) mass is 283 g/mol. The molecule has 7 nitrogen and oxygen atoms in total. The van der Waals surface area contributed by atoms with Gasteiger partial charge in [0.15, 0.2) is 0 Å². The van der Waals surface area contributed by atoms with Crippen LogP contribution in [0.3, 0.4) is 0 Å². The minimum Gasteiger partial charge on any atom is -0.480 e. The van der Waals surface area contributed by atoms with Crippen molar-refractivity contribution < 1.29 is 19.5 Å². The van der Waals surface area contributed by atoms with Crippen molar-refractivity contribution in [2.24, 2.45) is 5.41 Å². The predicted octanol–water partition coefficient (Wildman–Crippen LogP) is 0.00622. The van der Waals surface area contributed by atoms with Crippen LogP contribution in [0.15, 0.2) is 5.38 Å². The van der Waals surface area contributed by atoms with Crippen LogP contribution in [0.5, 0.6) is 0 Å². The molecule has 0 atom stereocenters. The number of hydrogen-bond donors (Lipinski definition) is 3. The maximum atomic E-state index is 11.6. The smallest absolute Gasteiger partial charge is 0.319 e. The lowest BCUT2D eigenvalue weighted by Crippen LogP contribution is -2.47. The van der Waals surface area contributed by atoms with Crippen molar-refractivity contribution in [3.8, 4) is 0 Å². The largest absolute Gasteiger partial charge is 0.480 e. The van der Waals surface area contributed by atoms with Crippen LogP contribution in [0.25, 0.3) is 0 Å². The Morgan fingerprint density at radius 3 is 2.58 bits per heavy atom. The Hall–Kier alpha value is -1.96. The minimum atomic E-state index is -1.36. The number of carbonyl (C=O) groups is 3. The molecule has 1 heterocycles. The number of nitrogens with one attached hydrogen (secondary N) is 2. The molecule has 0 saturated heterocycles. The van der Waals surface area contributed by atoms with Crippen LogP contribution in [-0.4, -0.2) is 27.9 Å². The first-order valence-corrected chi connectivity index (χ1v) is 6.56. The number of nitrogens with zero attached hydrogens (tertiary/aromatic N) is 1. The molecule has 1 aromatic rings. The number of hydrazine groups is 1. The molecule has 102 valence electrons. The molecule has 0 bridgehead atoms. The Morgan fingerprint density at radius 2 is 2.11 bits per heavy atom. The lowest BCUT2D eigenvalue weighted by Gasteiger charge is -2.11. The van der Waals surface area contributed by atoms with Gasteiger partial charge in [-0.15, -0.1) is 11.3 Å². The van der Waals surface area contributed by atoms with Crippen LogP contribution in [0.2, 0.25) is 0 Å². The summed E-state index contributed by atoms with van der Waals surface area (Å²) in [5.74, 6) is -2.27. The van der Waals surface area contributed by atoms with E-state index >= 15 is 0 Å². The Kier molecular flexibility index (Phi) is 3.52. The molecule has 1 aromatic heterocycles. The molecular formula is C11H13N3O4S. The highest BCUT2D eigenvalue weighted by Gasteiger charge is 2.57. The minimum absolute atomic E-state index is 0.0463. The molecule has 1 saturated carbocycles. The fourth-order valence-corrected chi connectivity index (χ4v) is 2.22. The molecule has 0 aromatic carbocycles. The second kappa shape index (κ2) is 4.96. The molecule has 1 aliphatic rings. The normalized spacial score (nSPS) is 15.6. The molecular weight excluding hydrogens is 270 g/mol. The number of hydrogen-bond acceptors (Lipinski definition) is 5. The standard InChI is InChI=1S/C11H13N3O4S/c1-6-12-7(5-19-6)4-8(15)13-14-9(16)11(2-3-11)10(17)18/h5H,2-4H2,1H3,(H,13,15)(H,14,16)(H,17,18). The van der Waals surface area contributed by atoms with Gasteiger partial charge in [-0.05, 0) is 19.8 Å². The highest BCUT2D eigenvalue weighted by atomic mass is 32.1. The number of aromatic nitrogens is 1. The van der Waals surface area contributed by atoms with Gasteiger partial charge in [0.25, 0.3) is 5.91 Å². The van der Waals surface area contributed by atoms with E-state index in [9.17, 15) is 14.4 Å². The third-order valence-electron chi connectivity index (χ3n) is 2.92. The summed E-state index contributed by atoms with van der Waals surface area (Å²) in [7, 11) is 0. The van der Waals surface area contributed by atoms with E-state index in [1.807, 2.05) is 6.92 Å². The van der Waals surface area contributed by atoms with Gasteiger partial charge in [0.1, 0.15) is 5.41 Å². The van der Waals surface area contributed by atoms with Crippen LogP contribution >= 0.6 is 11.3 Å². The molecule has 1 aliphatic carbocycles. The van der Waals surface area contributed by atoms with Crippen LogP contribution in [0, 0.1) is 12.3 Å². The fraction of sp³-hybridized carbons (Fsp3) is 0.455. The number of carbonyl (C=O) groups excluding carboxylic acids is 2. The van der Waals surface area contributed by atoms with Crippen LogP contribution in [0.4, 0.5) is 0 Å². The Balaban J connectivity index is 1.81. The van der Waals surface area contributed by atoms with E-state index in [0.29, 0.717) is 18.5 Å². The topological polar surface area (TPSA) is 108 Å². The van der Waals surface area contributed by atoms with Gasteiger partial charge in [-0.3, -0.25) is 25.2 Å². The van der Waals surface area contributed by atoms with E-state index in [-0.39, 0.29) is 6.42 Å². The molecule has 3 N–H and O–H groups in total. The first-order chi connectivity index (χ1) is 8.94. The number of thiazole rings is 1. The van der Waals surface area contributed by atoms with Crippen molar-refractivity contribution in [1.82, 2.24) is 15.8 Å². The van der Waals surface area contributed by atoms with Crippen LogP contribution in [0.1, 0.15) is 23.5 Å². The maximum absolute atomic E-state index is 11.6. The second-order valence-corrected chi connectivity index (χ2v) is 5.49. The molecule has 0 spiro atoms. The third-order valence-corrected chi connectivity index (χ3v) is 3.74. The number of carboxylic acids is 1. The summed E-state index contributed by atoms with van der Waals surface area (Å²) in [6, 6.07) is 0. The highest BCUT2D eigenvalue weighted by Crippen LogP contribution is 2.45. The summed E-state index contributed by atoms with van der Waals surface area (Å²) < 4.78 is 0. The first kappa shape index (κ1) is 13.5. The van der Waals surface area contributed by atoms with E-state index in [2.05, 4.69) is 15.8 Å². The number of aliphatic carboxylic acids is 1. The van der Waals surface area contributed by atoms with E-state index in [4.69, 9.17) is 5.11 Å². The lowest BCUT2D eigenvalue weighted by molar-refractivity contribution is -0.150. The van der Waals surface area contributed by atoms with Gasteiger partial charge < -0.3 is 5.11 Å². The van der Waals surface area contributed by atoms with E-state index < -0.39 is 23.2 Å². The SMILES string of the molecule is Cc1nc(CC(=O)NNC(=O)C2(C(=O)O)CC2)cs1. The van der Waals surface area contributed by atoms with Gasteiger partial charge >= 0.3 is 5.97 Å². The number of amides is 2. The van der Waals surface area contributed by atoms with Crippen LogP contribution in [-0.2, 0) is 20.8 Å². The zero-order chi connectivity index (χ0) is 14.0. The van der Waals surface area contributed by atoms with Gasteiger partial charge in [0.05, 0.1) is 17.1 Å². The van der Waals surface area contributed by atoms with E-state index in [1.54, 1.807) is 5.38 Å². The van der Waals surface area contributed by atoms with Crippen molar-refractivity contribution in [2.75, 3.05) is 0 Å². The fourth-order valence-electron chi connectivity index (χ4n) is 1.61. The molecule has 2 rings (SSSR count). The molecule has 19 heavy (non-hydrogen) atoms. The molecule has 0 unspecified atom stereocenters. The summed E-state index contributed by atoms with van der Waals surface area (Å²) in [5.41, 5.74) is 3.62. The van der Waals surface area contributed by atoms with Gasteiger partial charge in [-0.2, -0.15) is 0 Å². The molecule has 1 fully saturated rings. The zero-order valence-corrected chi connectivity index (χ0v) is 11.0. The summed E-state index contributed by atoms with van der Waals surface area (Å²) in [6.07, 6.45) is 0.648. The summed E-state index contributed by atoms with van der Waals surface area (Å²) in [5, 5.41) is 11.5. The van der Waals surface area contributed by atoms with E-state index in [0.717, 1.165) is 5.01 Å². The average molecular weight is 283 g/mol. The predicted molar refractivity (Wildman–Crippen MR) is 66.1 cm³/mol. The van der Waals surface area contributed by atoms with E-state index in [1.165, 1.54) is 11.3 Å². The van der Waals surface area contributed by atoms with Gasteiger partial charge in [0, 0.05) is 5.38 Å². The van der Waals surface area contributed by atoms with Gasteiger partial charge in [-0.1, -0.05) is 0 Å². The maximum Gasteiger partial charge on any atom is 0.319 e. The summed E-state index contributed by atoms with van der Waals surface area (Å²) in [6.45, 7) is 1.83. The van der Waals surface area contributed by atoms with Crippen molar-refractivity contribution >= 4 is 29.1 Å². The van der Waals surface area contributed by atoms with Crippen molar-refractivity contribution in [2.45, 2.75) is 26.2 Å². The Morgan fingerprint density at radius 1 is 1.42 bits per heavy atom. The molecule has 0 radical (unpaired) electrons. The number of rotatable bonds is 4. The molecule has 8 heteroatoms. The number of carboxylic acid groups (broad SMARTS) is 1. The first-order valence-electron chi connectivity index (χ1n) is 5.68. The van der Waals surface area contributed by atoms with Crippen LogP contribution < -0.4 is 10.9 Å². The molecule has 2 amide bonds. The molecule has 0 aliphatic heterocycles. The average Bonchev–Trinajstić information content (AvgIpc) is 3.07. The lowest BCUT2D eigenvalue weighted by atomic mass is 10.1. The summed E-state index contributed by atoms with van der Waals surface area (Å²) >= 11 is 1.43. The second-order valence-electron chi connectivity index (χ2n) is 4.42. The zero-order valence-electron chi connectivity index (χ0n) is 10.2. The Bertz CT molecular complexity index is 536. The third kappa shape index (κ3) is 2.90. The summed E-state index contributed by atoms with van der Waals surface area (Å²) in [4.78, 5) is 38.1. The van der Waals surface area contributed by atoms with Gasteiger partial charge in [-0.25, -0.2) is 4.98 Å². The highest BCUT2D eigenvalue weighted by molar-refractivity contribution is 7.09. The van der Waals surface area contributed by atoms with Crippen molar-refractivity contribution in [3.05, 3.63) is 16.1 Å².